The fourth-order valence-electron chi connectivity index (χ4n) is 3.66. The molecule has 2 aromatic carbocycles. The van der Waals surface area contributed by atoms with E-state index in [1.54, 1.807) is 7.11 Å². The third-order valence-corrected chi connectivity index (χ3v) is 5.33. The van der Waals surface area contributed by atoms with Crippen molar-refractivity contribution < 1.29 is 9.47 Å². The minimum atomic E-state index is 0. The molecule has 0 bridgehead atoms. The van der Waals surface area contributed by atoms with E-state index in [-0.39, 0.29) is 29.4 Å². The van der Waals surface area contributed by atoms with Crippen molar-refractivity contribution in [1.82, 2.24) is 10.6 Å². The summed E-state index contributed by atoms with van der Waals surface area (Å²) in [5.41, 5.74) is 2.57. The van der Waals surface area contributed by atoms with Crippen LogP contribution in [-0.2, 0) is 16.7 Å². The van der Waals surface area contributed by atoms with Crippen LogP contribution in [0.15, 0.2) is 59.6 Å². The quantitative estimate of drug-likeness (QED) is 0.335. The van der Waals surface area contributed by atoms with Crippen molar-refractivity contribution in [2.75, 3.05) is 33.4 Å². The zero-order chi connectivity index (χ0) is 19.7. The Morgan fingerprint density at radius 2 is 1.83 bits per heavy atom. The molecule has 1 fully saturated rings. The number of halogens is 1. The maximum absolute atomic E-state index is 5.64. The Morgan fingerprint density at radius 1 is 1.07 bits per heavy atom. The van der Waals surface area contributed by atoms with E-state index in [0.29, 0.717) is 6.54 Å². The van der Waals surface area contributed by atoms with Gasteiger partial charge < -0.3 is 20.1 Å². The van der Waals surface area contributed by atoms with E-state index in [1.807, 2.05) is 18.2 Å². The molecule has 6 heteroatoms. The molecule has 1 aliphatic rings. The molecular formula is C23H32IN3O2. The molecule has 1 heterocycles. The number of ether oxygens (including phenoxy) is 2. The summed E-state index contributed by atoms with van der Waals surface area (Å²) in [7, 11) is 1.69. The van der Waals surface area contributed by atoms with Crippen LogP contribution >= 0.6 is 24.0 Å². The van der Waals surface area contributed by atoms with Crippen LogP contribution in [0.3, 0.4) is 0 Å². The lowest BCUT2D eigenvalue weighted by atomic mass is 9.74. The summed E-state index contributed by atoms with van der Waals surface area (Å²) in [6, 6.07) is 18.8. The lowest BCUT2D eigenvalue weighted by Crippen LogP contribution is -2.48. The SMILES string of the molecule is CCNC(=NCc1cccc(OC)c1)NCC1(c2ccccc2)CCOCC1.I. The number of nitrogens with zero attached hydrogens (tertiary/aromatic N) is 1. The Kier molecular flexibility index (Phi) is 9.73. The highest BCUT2D eigenvalue weighted by Gasteiger charge is 2.34. The molecule has 158 valence electrons. The van der Waals surface area contributed by atoms with Crippen LogP contribution in [0.4, 0.5) is 0 Å². The maximum Gasteiger partial charge on any atom is 0.191 e. The van der Waals surface area contributed by atoms with Crippen LogP contribution in [0.25, 0.3) is 0 Å². The fourth-order valence-corrected chi connectivity index (χ4v) is 3.66. The van der Waals surface area contributed by atoms with Crippen LogP contribution in [0.5, 0.6) is 5.75 Å². The molecule has 1 aliphatic heterocycles. The zero-order valence-electron chi connectivity index (χ0n) is 17.3. The van der Waals surface area contributed by atoms with E-state index < -0.39 is 0 Å². The van der Waals surface area contributed by atoms with E-state index in [4.69, 9.17) is 14.5 Å². The lowest BCUT2D eigenvalue weighted by Gasteiger charge is -2.38. The first-order chi connectivity index (χ1) is 13.8. The van der Waals surface area contributed by atoms with Crippen LogP contribution < -0.4 is 15.4 Å². The largest absolute Gasteiger partial charge is 0.497 e. The molecule has 0 saturated carbocycles. The first-order valence-corrected chi connectivity index (χ1v) is 10.0. The molecule has 5 nitrogen and oxygen atoms in total. The number of rotatable bonds is 7. The smallest absolute Gasteiger partial charge is 0.191 e. The summed E-state index contributed by atoms with van der Waals surface area (Å²) < 4.78 is 10.9. The molecule has 29 heavy (non-hydrogen) atoms. The van der Waals surface area contributed by atoms with Crippen LogP contribution in [0.2, 0.25) is 0 Å². The van der Waals surface area contributed by atoms with Crippen molar-refractivity contribution in [2.24, 2.45) is 4.99 Å². The minimum absolute atomic E-state index is 0. The Labute approximate surface area is 191 Å². The van der Waals surface area contributed by atoms with Gasteiger partial charge in [0.25, 0.3) is 0 Å². The zero-order valence-corrected chi connectivity index (χ0v) is 19.6. The maximum atomic E-state index is 5.64. The van der Waals surface area contributed by atoms with Gasteiger partial charge in [-0.05, 0) is 43.0 Å². The Morgan fingerprint density at radius 3 is 2.52 bits per heavy atom. The monoisotopic (exact) mass is 509 g/mol. The average Bonchev–Trinajstić information content (AvgIpc) is 2.77. The number of methoxy groups -OCH3 is 1. The van der Waals surface area contributed by atoms with Gasteiger partial charge in [0.2, 0.25) is 0 Å². The molecule has 3 rings (SSSR count). The van der Waals surface area contributed by atoms with E-state index in [0.717, 1.165) is 56.4 Å². The van der Waals surface area contributed by atoms with Gasteiger partial charge >= 0.3 is 0 Å². The molecular weight excluding hydrogens is 477 g/mol. The molecule has 2 aromatic rings. The highest BCUT2D eigenvalue weighted by Crippen LogP contribution is 2.34. The number of nitrogens with one attached hydrogen (secondary N) is 2. The molecule has 0 atom stereocenters. The fraction of sp³-hybridized carbons (Fsp3) is 0.435. The first-order valence-electron chi connectivity index (χ1n) is 10.0. The molecule has 0 radical (unpaired) electrons. The van der Waals surface area contributed by atoms with E-state index in [9.17, 15) is 0 Å². The number of aliphatic imine (C=N–C) groups is 1. The molecule has 0 amide bonds. The second kappa shape index (κ2) is 12.0. The van der Waals surface area contributed by atoms with E-state index in [2.05, 4.69) is 54.0 Å². The van der Waals surface area contributed by atoms with Gasteiger partial charge in [-0.3, -0.25) is 0 Å². The van der Waals surface area contributed by atoms with Crippen LogP contribution in [-0.4, -0.2) is 39.4 Å². The number of hydrogen-bond acceptors (Lipinski definition) is 3. The Balaban J connectivity index is 0.00000300. The topological polar surface area (TPSA) is 54.9 Å². The number of benzene rings is 2. The summed E-state index contributed by atoms with van der Waals surface area (Å²) in [5, 5.41) is 6.95. The van der Waals surface area contributed by atoms with Gasteiger partial charge in [0, 0.05) is 31.7 Å². The normalized spacial score (nSPS) is 15.9. The van der Waals surface area contributed by atoms with Crippen molar-refractivity contribution in [3.63, 3.8) is 0 Å². The standard InChI is InChI=1S/C23H31N3O2.HI/c1-3-24-22(25-17-19-8-7-11-21(16-19)27-2)26-18-23(12-14-28-15-13-23)20-9-5-4-6-10-20;/h4-11,16H,3,12-15,17-18H2,1-2H3,(H2,24,25,26);1H. The number of guanidine groups is 1. The second-order valence-corrected chi connectivity index (χ2v) is 7.16. The van der Waals surface area contributed by atoms with Gasteiger partial charge in [-0.1, -0.05) is 42.5 Å². The van der Waals surface area contributed by atoms with Gasteiger partial charge in [-0.2, -0.15) is 0 Å². The molecule has 1 saturated heterocycles. The van der Waals surface area contributed by atoms with Crippen LogP contribution in [0, 0.1) is 0 Å². The van der Waals surface area contributed by atoms with Crippen LogP contribution in [0.1, 0.15) is 30.9 Å². The highest BCUT2D eigenvalue weighted by molar-refractivity contribution is 14.0. The third kappa shape index (κ3) is 6.60. The van der Waals surface area contributed by atoms with Crippen molar-refractivity contribution in [1.29, 1.82) is 0 Å². The first kappa shape index (κ1) is 23.5. The van der Waals surface area contributed by atoms with Crippen molar-refractivity contribution in [2.45, 2.75) is 31.7 Å². The molecule has 0 aromatic heterocycles. The summed E-state index contributed by atoms with van der Waals surface area (Å²) in [4.78, 5) is 4.78. The van der Waals surface area contributed by atoms with Crippen molar-refractivity contribution in [3.05, 3.63) is 65.7 Å². The predicted octanol–water partition coefficient (Wildman–Crippen LogP) is 4.12. The highest BCUT2D eigenvalue weighted by atomic mass is 127. The third-order valence-electron chi connectivity index (χ3n) is 5.33. The van der Waals surface area contributed by atoms with Crippen molar-refractivity contribution in [3.8, 4) is 5.75 Å². The van der Waals surface area contributed by atoms with Gasteiger partial charge in [0.1, 0.15) is 5.75 Å². The summed E-state index contributed by atoms with van der Waals surface area (Å²) in [5.74, 6) is 1.70. The van der Waals surface area contributed by atoms with E-state index in [1.165, 1.54) is 5.56 Å². The molecule has 0 unspecified atom stereocenters. The Hall–Kier alpha value is -1.80. The van der Waals surface area contributed by atoms with Gasteiger partial charge in [-0.15, -0.1) is 24.0 Å². The predicted molar refractivity (Wildman–Crippen MR) is 129 cm³/mol. The second-order valence-electron chi connectivity index (χ2n) is 7.16. The Bertz CT molecular complexity index is 762. The molecule has 2 N–H and O–H groups in total. The molecule has 0 spiro atoms. The van der Waals surface area contributed by atoms with Gasteiger partial charge in [0.15, 0.2) is 5.96 Å². The van der Waals surface area contributed by atoms with E-state index >= 15 is 0 Å². The van der Waals surface area contributed by atoms with Crippen molar-refractivity contribution >= 4 is 29.9 Å². The number of hydrogen-bond donors (Lipinski definition) is 2. The molecule has 0 aliphatic carbocycles. The summed E-state index contributed by atoms with van der Waals surface area (Å²) in [6.45, 7) is 5.95. The average molecular weight is 509 g/mol. The minimum Gasteiger partial charge on any atom is -0.497 e. The summed E-state index contributed by atoms with van der Waals surface area (Å²) >= 11 is 0. The van der Waals surface area contributed by atoms with Gasteiger partial charge in [0.05, 0.1) is 13.7 Å². The summed E-state index contributed by atoms with van der Waals surface area (Å²) in [6.07, 6.45) is 2.03. The lowest BCUT2D eigenvalue weighted by molar-refractivity contribution is 0.0514. The van der Waals surface area contributed by atoms with Gasteiger partial charge in [-0.25, -0.2) is 4.99 Å².